The molecule has 0 saturated carbocycles. The van der Waals surface area contributed by atoms with Crippen molar-refractivity contribution < 1.29 is 4.79 Å². The van der Waals surface area contributed by atoms with Gasteiger partial charge in [0.1, 0.15) is 0 Å². The number of hydrogen-bond donors (Lipinski definition) is 1. The van der Waals surface area contributed by atoms with E-state index in [1.807, 2.05) is 97.1 Å². The standard InChI is InChI=1S/C21H17NOS/c23-21(22-18-12-6-2-7-13-18)20(16-17-10-4-1-5-11-17)24-19-14-8-3-9-15-19/h1-16H,(H,22,23)/b20-16-. The molecule has 0 aliphatic heterocycles. The van der Waals surface area contributed by atoms with E-state index in [-0.39, 0.29) is 5.91 Å². The highest BCUT2D eigenvalue weighted by atomic mass is 32.2. The summed E-state index contributed by atoms with van der Waals surface area (Å²) in [5.41, 5.74) is 1.79. The quantitative estimate of drug-likeness (QED) is 0.497. The topological polar surface area (TPSA) is 29.1 Å². The molecule has 0 bridgehead atoms. The molecule has 0 aromatic heterocycles. The van der Waals surface area contributed by atoms with Gasteiger partial charge in [0.2, 0.25) is 0 Å². The van der Waals surface area contributed by atoms with Crippen LogP contribution in [0.5, 0.6) is 0 Å². The van der Waals surface area contributed by atoms with Crippen LogP contribution in [0.1, 0.15) is 5.56 Å². The van der Waals surface area contributed by atoms with Crippen molar-refractivity contribution in [3.05, 3.63) is 101 Å². The molecule has 0 saturated heterocycles. The molecule has 3 aromatic rings. The van der Waals surface area contributed by atoms with E-state index in [1.54, 1.807) is 0 Å². The minimum Gasteiger partial charge on any atom is -0.322 e. The summed E-state index contributed by atoms with van der Waals surface area (Å²) in [5, 5.41) is 2.95. The van der Waals surface area contributed by atoms with E-state index in [1.165, 1.54) is 11.8 Å². The van der Waals surface area contributed by atoms with Crippen LogP contribution in [0.25, 0.3) is 6.08 Å². The molecule has 2 nitrogen and oxygen atoms in total. The molecular weight excluding hydrogens is 314 g/mol. The fourth-order valence-corrected chi connectivity index (χ4v) is 3.06. The number of para-hydroxylation sites is 1. The average molecular weight is 331 g/mol. The van der Waals surface area contributed by atoms with E-state index in [0.29, 0.717) is 4.91 Å². The van der Waals surface area contributed by atoms with Crippen molar-refractivity contribution in [3.63, 3.8) is 0 Å². The summed E-state index contributed by atoms with van der Waals surface area (Å²) in [6.45, 7) is 0. The lowest BCUT2D eigenvalue weighted by molar-refractivity contribution is -0.112. The predicted octanol–water partition coefficient (Wildman–Crippen LogP) is 5.46. The van der Waals surface area contributed by atoms with Crippen LogP contribution in [0.4, 0.5) is 5.69 Å². The molecule has 0 atom stereocenters. The van der Waals surface area contributed by atoms with Gasteiger partial charge in [-0.25, -0.2) is 0 Å². The molecule has 0 aliphatic rings. The zero-order chi connectivity index (χ0) is 16.6. The van der Waals surface area contributed by atoms with Crippen LogP contribution in [0.2, 0.25) is 0 Å². The van der Waals surface area contributed by atoms with E-state index in [4.69, 9.17) is 0 Å². The lowest BCUT2D eigenvalue weighted by Gasteiger charge is -2.09. The summed E-state index contributed by atoms with van der Waals surface area (Å²) in [6.07, 6.45) is 1.91. The highest BCUT2D eigenvalue weighted by Gasteiger charge is 2.12. The Bertz CT molecular complexity index is 814. The van der Waals surface area contributed by atoms with Gasteiger partial charge in [-0.05, 0) is 35.9 Å². The summed E-state index contributed by atoms with van der Waals surface area (Å²) >= 11 is 1.46. The van der Waals surface area contributed by atoms with E-state index < -0.39 is 0 Å². The third kappa shape index (κ3) is 4.61. The Labute approximate surface area is 146 Å². The summed E-state index contributed by atoms with van der Waals surface area (Å²) in [6, 6.07) is 29.3. The van der Waals surface area contributed by atoms with Crippen molar-refractivity contribution in [2.45, 2.75) is 4.90 Å². The van der Waals surface area contributed by atoms with Gasteiger partial charge in [0.25, 0.3) is 5.91 Å². The second-order valence-electron chi connectivity index (χ2n) is 5.15. The number of anilines is 1. The predicted molar refractivity (Wildman–Crippen MR) is 102 cm³/mol. The number of nitrogens with one attached hydrogen (secondary N) is 1. The third-order valence-corrected chi connectivity index (χ3v) is 4.35. The maximum atomic E-state index is 12.7. The Morgan fingerprint density at radius 3 is 1.92 bits per heavy atom. The van der Waals surface area contributed by atoms with Gasteiger partial charge in [-0.1, -0.05) is 78.5 Å². The van der Waals surface area contributed by atoms with Gasteiger partial charge < -0.3 is 5.32 Å². The molecule has 3 rings (SSSR count). The van der Waals surface area contributed by atoms with Gasteiger partial charge >= 0.3 is 0 Å². The average Bonchev–Trinajstić information content (AvgIpc) is 2.64. The molecule has 3 heteroatoms. The SMILES string of the molecule is O=C(Nc1ccccc1)/C(=C/c1ccccc1)Sc1ccccc1. The van der Waals surface area contributed by atoms with Gasteiger partial charge in [0, 0.05) is 10.6 Å². The first kappa shape index (κ1) is 16.1. The minimum atomic E-state index is -0.112. The van der Waals surface area contributed by atoms with Crippen molar-refractivity contribution in [2.24, 2.45) is 0 Å². The molecule has 1 N–H and O–H groups in total. The van der Waals surface area contributed by atoms with Crippen LogP contribution >= 0.6 is 11.8 Å². The highest BCUT2D eigenvalue weighted by molar-refractivity contribution is 8.04. The first-order valence-electron chi connectivity index (χ1n) is 7.67. The maximum Gasteiger partial charge on any atom is 0.262 e. The number of carbonyl (C=O) groups is 1. The fourth-order valence-electron chi connectivity index (χ4n) is 2.17. The molecule has 118 valence electrons. The second kappa shape index (κ2) is 8.18. The van der Waals surface area contributed by atoms with Crippen LogP contribution in [0.15, 0.2) is 101 Å². The highest BCUT2D eigenvalue weighted by Crippen LogP contribution is 2.29. The van der Waals surface area contributed by atoms with Crippen molar-refractivity contribution in [3.8, 4) is 0 Å². The second-order valence-corrected chi connectivity index (χ2v) is 6.27. The molecule has 0 fully saturated rings. The molecule has 0 heterocycles. The minimum absolute atomic E-state index is 0.112. The number of thioether (sulfide) groups is 1. The summed E-state index contributed by atoms with van der Waals surface area (Å²) < 4.78 is 0. The van der Waals surface area contributed by atoms with Crippen LogP contribution in [-0.2, 0) is 4.79 Å². The number of benzene rings is 3. The number of carbonyl (C=O) groups excluding carboxylic acids is 1. The Balaban J connectivity index is 1.86. The van der Waals surface area contributed by atoms with Crippen LogP contribution in [-0.4, -0.2) is 5.91 Å². The lowest BCUT2D eigenvalue weighted by atomic mass is 10.2. The van der Waals surface area contributed by atoms with Crippen molar-refractivity contribution in [1.29, 1.82) is 0 Å². The largest absolute Gasteiger partial charge is 0.322 e. The lowest BCUT2D eigenvalue weighted by Crippen LogP contribution is -2.12. The molecule has 0 unspecified atom stereocenters. The van der Waals surface area contributed by atoms with Gasteiger partial charge in [-0.2, -0.15) is 0 Å². The van der Waals surface area contributed by atoms with Crippen molar-refractivity contribution in [2.75, 3.05) is 5.32 Å². The Morgan fingerprint density at radius 2 is 1.29 bits per heavy atom. The van der Waals surface area contributed by atoms with Gasteiger partial charge in [-0.15, -0.1) is 0 Å². The summed E-state index contributed by atoms with van der Waals surface area (Å²) in [4.78, 5) is 14.4. The number of amides is 1. The van der Waals surface area contributed by atoms with Crippen LogP contribution in [0.3, 0.4) is 0 Å². The Morgan fingerprint density at radius 1 is 0.750 bits per heavy atom. The Kier molecular flexibility index (Phi) is 5.48. The van der Waals surface area contributed by atoms with Gasteiger partial charge in [0.05, 0.1) is 4.91 Å². The zero-order valence-corrected chi connectivity index (χ0v) is 13.9. The summed E-state index contributed by atoms with van der Waals surface area (Å²) in [7, 11) is 0. The first-order chi connectivity index (χ1) is 11.8. The van der Waals surface area contributed by atoms with Crippen LogP contribution in [0, 0.1) is 0 Å². The number of hydrogen-bond acceptors (Lipinski definition) is 2. The Hall–Kier alpha value is -2.78. The first-order valence-corrected chi connectivity index (χ1v) is 8.49. The molecule has 0 spiro atoms. The maximum absolute atomic E-state index is 12.7. The molecule has 0 aliphatic carbocycles. The van der Waals surface area contributed by atoms with E-state index in [2.05, 4.69) is 5.32 Å². The normalized spacial score (nSPS) is 11.1. The fraction of sp³-hybridized carbons (Fsp3) is 0. The monoisotopic (exact) mass is 331 g/mol. The zero-order valence-electron chi connectivity index (χ0n) is 13.1. The van der Waals surface area contributed by atoms with E-state index in [9.17, 15) is 4.79 Å². The molecular formula is C21H17NOS. The van der Waals surface area contributed by atoms with E-state index in [0.717, 1.165) is 16.1 Å². The number of rotatable bonds is 5. The third-order valence-electron chi connectivity index (χ3n) is 3.32. The van der Waals surface area contributed by atoms with Crippen molar-refractivity contribution in [1.82, 2.24) is 0 Å². The van der Waals surface area contributed by atoms with E-state index >= 15 is 0 Å². The molecule has 3 aromatic carbocycles. The molecule has 1 amide bonds. The van der Waals surface area contributed by atoms with Gasteiger partial charge in [-0.3, -0.25) is 4.79 Å². The van der Waals surface area contributed by atoms with Crippen LogP contribution < -0.4 is 5.32 Å². The molecule has 24 heavy (non-hydrogen) atoms. The smallest absolute Gasteiger partial charge is 0.262 e. The van der Waals surface area contributed by atoms with Gasteiger partial charge in [0.15, 0.2) is 0 Å². The van der Waals surface area contributed by atoms with Crippen molar-refractivity contribution >= 4 is 29.4 Å². The summed E-state index contributed by atoms with van der Waals surface area (Å²) in [5.74, 6) is -0.112. The molecule has 0 radical (unpaired) electrons.